The van der Waals surface area contributed by atoms with Crippen molar-refractivity contribution in [3.05, 3.63) is 23.4 Å². The first-order chi connectivity index (χ1) is 15.9. The van der Waals surface area contributed by atoms with E-state index < -0.39 is 11.6 Å². The minimum absolute atomic E-state index is 0.0113. The third-order valence-corrected chi connectivity index (χ3v) is 8.96. The maximum absolute atomic E-state index is 13.4. The number of hydrogen-bond donors (Lipinski definition) is 3. The van der Waals surface area contributed by atoms with Crippen LogP contribution >= 0.6 is 0 Å². The largest absolute Gasteiger partial charge is 0.481 e. The van der Waals surface area contributed by atoms with Gasteiger partial charge in [0.2, 0.25) is 0 Å². The number of carboxylic acids is 1. The molecule has 1 aliphatic heterocycles. The predicted octanol–water partition coefficient (Wildman–Crippen LogP) is 3.32. The molecule has 1 aromatic rings. The number of carbonyl (C=O) groups excluding carboxylic acids is 1. The van der Waals surface area contributed by atoms with Crippen LogP contribution < -0.4 is 10.2 Å². The van der Waals surface area contributed by atoms with Crippen molar-refractivity contribution >= 4 is 17.7 Å². The van der Waals surface area contributed by atoms with E-state index in [1.807, 2.05) is 12.1 Å². The molecular formula is C26H35N3O4. The number of rotatable bonds is 6. The van der Waals surface area contributed by atoms with Crippen LogP contribution in [-0.2, 0) is 4.79 Å². The number of piperidine rings is 1. The van der Waals surface area contributed by atoms with E-state index in [0.29, 0.717) is 35.8 Å². The van der Waals surface area contributed by atoms with E-state index in [-0.39, 0.29) is 24.3 Å². The molecule has 0 radical (unpaired) electrons. The molecule has 2 unspecified atom stereocenters. The average molecular weight is 454 g/mol. The highest BCUT2D eigenvalue weighted by atomic mass is 16.4. The van der Waals surface area contributed by atoms with Crippen molar-refractivity contribution in [3.8, 4) is 0 Å². The predicted molar refractivity (Wildman–Crippen MR) is 123 cm³/mol. The fourth-order valence-corrected chi connectivity index (χ4v) is 7.63. The van der Waals surface area contributed by atoms with Gasteiger partial charge in [-0.05, 0) is 93.6 Å². The smallest absolute Gasteiger partial charge is 0.303 e. The zero-order valence-electron chi connectivity index (χ0n) is 19.2. The number of hydrogen-bond acceptors (Lipinski definition) is 5. The van der Waals surface area contributed by atoms with Gasteiger partial charge in [0, 0.05) is 31.5 Å². The van der Waals surface area contributed by atoms with Crippen LogP contribution in [0.1, 0.15) is 86.2 Å². The van der Waals surface area contributed by atoms with E-state index in [4.69, 9.17) is 4.98 Å². The molecule has 1 aromatic heterocycles. The number of nitrogens with one attached hydrogen (secondary N) is 1. The second kappa shape index (κ2) is 7.97. The maximum atomic E-state index is 13.4. The molecule has 0 aromatic carbocycles. The molecule has 1 saturated heterocycles. The molecule has 33 heavy (non-hydrogen) atoms. The Morgan fingerprint density at radius 1 is 1.12 bits per heavy atom. The quantitative estimate of drug-likeness (QED) is 0.611. The lowest BCUT2D eigenvalue weighted by Crippen LogP contribution is -2.61. The Morgan fingerprint density at radius 2 is 1.88 bits per heavy atom. The van der Waals surface area contributed by atoms with E-state index in [2.05, 4.69) is 10.2 Å². The molecule has 6 fully saturated rings. The zero-order chi connectivity index (χ0) is 22.7. The van der Waals surface area contributed by atoms with E-state index in [1.165, 1.54) is 0 Å². The Hall–Kier alpha value is -2.15. The molecule has 3 N–H and O–H groups in total. The highest BCUT2D eigenvalue weighted by Crippen LogP contribution is 2.55. The third-order valence-electron chi connectivity index (χ3n) is 8.96. The van der Waals surface area contributed by atoms with Crippen LogP contribution in [-0.4, -0.2) is 51.8 Å². The Balaban J connectivity index is 1.19. The van der Waals surface area contributed by atoms with E-state index >= 15 is 0 Å². The lowest BCUT2D eigenvalue weighted by atomic mass is 9.52. The zero-order valence-corrected chi connectivity index (χ0v) is 19.2. The summed E-state index contributed by atoms with van der Waals surface area (Å²) in [4.78, 5) is 31.8. The molecule has 3 atom stereocenters. The van der Waals surface area contributed by atoms with E-state index in [0.717, 1.165) is 75.8 Å². The summed E-state index contributed by atoms with van der Waals surface area (Å²) >= 11 is 0. The number of aliphatic hydroxyl groups is 1. The van der Waals surface area contributed by atoms with Crippen LogP contribution in [0.15, 0.2) is 12.1 Å². The van der Waals surface area contributed by atoms with Crippen LogP contribution in [0.25, 0.3) is 0 Å². The van der Waals surface area contributed by atoms with Crippen molar-refractivity contribution in [1.82, 2.24) is 10.3 Å². The Bertz CT molecular complexity index is 945. The summed E-state index contributed by atoms with van der Waals surface area (Å²) in [5.41, 5.74) is 1.12. The van der Waals surface area contributed by atoms with E-state index in [9.17, 15) is 19.8 Å². The highest BCUT2D eigenvalue weighted by molar-refractivity contribution is 5.96. The lowest BCUT2D eigenvalue weighted by molar-refractivity contribution is -0.138. The van der Waals surface area contributed by atoms with Gasteiger partial charge in [-0.1, -0.05) is 0 Å². The normalized spacial score (nSPS) is 37.2. The summed E-state index contributed by atoms with van der Waals surface area (Å²) in [6.45, 7) is 1.60. The van der Waals surface area contributed by atoms with Crippen molar-refractivity contribution in [2.24, 2.45) is 23.7 Å². The molecule has 7 heteroatoms. The van der Waals surface area contributed by atoms with Gasteiger partial charge < -0.3 is 20.4 Å². The average Bonchev–Trinajstić information content (AvgIpc) is 3.60. The molecule has 4 bridgehead atoms. The van der Waals surface area contributed by atoms with Crippen molar-refractivity contribution in [2.75, 3.05) is 18.0 Å². The summed E-state index contributed by atoms with van der Waals surface area (Å²) < 4.78 is 0. The molecule has 2 heterocycles. The number of anilines is 1. The minimum Gasteiger partial charge on any atom is -0.481 e. The summed E-state index contributed by atoms with van der Waals surface area (Å²) in [6, 6.07) is 4.05. The molecule has 7 nitrogen and oxygen atoms in total. The molecule has 178 valence electrons. The molecular weight excluding hydrogens is 418 g/mol. The molecule has 7 rings (SSSR count). The van der Waals surface area contributed by atoms with Crippen LogP contribution in [0.4, 0.5) is 5.82 Å². The standard InChI is InChI=1S/C26H35N3O4/c30-22(31)10-15-2-1-7-29(14-15)21-6-5-20(24(27-21)17-3-4-17)25(32)28-23-18-8-16-9-19(23)13-26(33,11-16)12-18/h5-6,15-19,23,33H,1-4,7-14H2,(H,28,32)(H,30,31)/t15-,16?,18?,19?,23-,26+/m0/s1. The van der Waals surface area contributed by atoms with Crippen molar-refractivity contribution in [3.63, 3.8) is 0 Å². The van der Waals surface area contributed by atoms with Crippen LogP contribution in [0.3, 0.4) is 0 Å². The van der Waals surface area contributed by atoms with Crippen molar-refractivity contribution in [1.29, 1.82) is 0 Å². The Morgan fingerprint density at radius 3 is 2.55 bits per heavy atom. The Labute approximate surface area is 195 Å². The Kier molecular flexibility index (Phi) is 5.16. The van der Waals surface area contributed by atoms with Crippen LogP contribution in [0.5, 0.6) is 0 Å². The first-order valence-electron chi connectivity index (χ1n) is 12.9. The van der Waals surface area contributed by atoms with Gasteiger partial charge in [-0.3, -0.25) is 9.59 Å². The number of amides is 1. The summed E-state index contributed by atoms with van der Waals surface area (Å²) in [5, 5.41) is 23.4. The fourth-order valence-electron chi connectivity index (χ4n) is 7.63. The summed E-state index contributed by atoms with van der Waals surface area (Å²) in [5.74, 6) is 2.03. The first-order valence-corrected chi connectivity index (χ1v) is 12.9. The van der Waals surface area contributed by atoms with Gasteiger partial charge in [0.05, 0.1) is 16.9 Å². The van der Waals surface area contributed by atoms with Gasteiger partial charge >= 0.3 is 5.97 Å². The number of aromatic nitrogens is 1. The highest BCUT2D eigenvalue weighted by Gasteiger charge is 2.55. The first kappa shape index (κ1) is 21.4. The van der Waals surface area contributed by atoms with Gasteiger partial charge in [0.25, 0.3) is 5.91 Å². The SMILES string of the molecule is O=C(O)C[C@@H]1CCCN(c2ccc(C(=O)N[C@H]3C4CC5CC3C[C@@](O)(C5)C4)c(C3CC3)n2)C1. The maximum Gasteiger partial charge on any atom is 0.303 e. The van der Waals surface area contributed by atoms with Gasteiger partial charge in [-0.15, -0.1) is 0 Å². The van der Waals surface area contributed by atoms with Gasteiger partial charge in [0.1, 0.15) is 5.82 Å². The van der Waals surface area contributed by atoms with E-state index in [1.54, 1.807) is 0 Å². The number of pyridine rings is 1. The summed E-state index contributed by atoms with van der Waals surface area (Å²) in [6.07, 6.45) is 9.11. The monoisotopic (exact) mass is 453 g/mol. The number of aliphatic carboxylic acids is 1. The van der Waals surface area contributed by atoms with Crippen LogP contribution in [0, 0.1) is 23.7 Å². The number of nitrogens with zero attached hydrogens (tertiary/aromatic N) is 2. The molecule has 6 aliphatic rings. The van der Waals surface area contributed by atoms with Gasteiger partial charge in [-0.25, -0.2) is 4.98 Å². The topological polar surface area (TPSA) is 103 Å². The van der Waals surface area contributed by atoms with Crippen LogP contribution in [0.2, 0.25) is 0 Å². The molecule has 0 spiro atoms. The number of carbonyl (C=O) groups is 2. The molecule has 5 aliphatic carbocycles. The van der Waals surface area contributed by atoms with Crippen molar-refractivity contribution in [2.45, 2.75) is 81.8 Å². The molecule has 5 saturated carbocycles. The van der Waals surface area contributed by atoms with Crippen molar-refractivity contribution < 1.29 is 19.8 Å². The summed E-state index contributed by atoms with van der Waals surface area (Å²) in [7, 11) is 0. The lowest BCUT2D eigenvalue weighted by Gasteiger charge is -2.58. The second-order valence-electron chi connectivity index (χ2n) is 11.6. The third kappa shape index (κ3) is 4.13. The minimum atomic E-state index is -0.739. The van der Waals surface area contributed by atoms with Gasteiger partial charge in [-0.2, -0.15) is 0 Å². The molecule has 1 amide bonds. The number of carboxylic acid groups (broad SMARTS) is 1. The second-order valence-corrected chi connectivity index (χ2v) is 11.6. The van der Waals surface area contributed by atoms with Gasteiger partial charge in [0.15, 0.2) is 0 Å². The fraction of sp³-hybridized carbons (Fsp3) is 0.731.